The zero-order valence-electron chi connectivity index (χ0n) is 18.4. The second-order valence-electron chi connectivity index (χ2n) is 8.57. The van der Waals surface area contributed by atoms with Crippen LogP contribution < -0.4 is 9.96 Å². The maximum absolute atomic E-state index is 13.9. The van der Waals surface area contributed by atoms with Crippen LogP contribution in [0.2, 0.25) is 0 Å². The minimum Gasteiger partial charge on any atom is -0.465 e. The Morgan fingerprint density at radius 2 is 1.85 bits per heavy atom. The summed E-state index contributed by atoms with van der Waals surface area (Å²) >= 11 is 2.89. The van der Waals surface area contributed by atoms with Crippen LogP contribution in [0.5, 0.6) is 0 Å². The lowest BCUT2D eigenvalue weighted by Gasteiger charge is -2.27. The number of para-hydroxylation sites is 1. The molecule has 6 rings (SSSR count). The van der Waals surface area contributed by atoms with Crippen molar-refractivity contribution < 1.29 is 24.0 Å². The Kier molecular flexibility index (Phi) is 5.28. The first-order chi connectivity index (χ1) is 16.6. The first kappa shape index (κ1) is 21.5. The third-order valence-electron chi connectivity index (χ3n) is 6.71. The fourth-order valence-electron chi connectivity index (χ4n) is 5.18. The van der Waals surface area contributed by atoms with Crippen molar-refractivity contribution in [1.29, 1.82) is 0 Å². The number of aryl methyl sites for hydroxylation is 1. The van der Waals surface area contributed by atoms with Crippen LogP contribution >= 0.6 is 22.7 Å². The Balaban J connectivity index is 1.44. The van der Waals surface area contributed by atoms with Crippen molar-refractivity contribution in [2.75, 3.05) is 17.1 Å². The van der Waals surface area contributed by atoms with Gasteiger partial charge in [0.05, 0.1) is 18.4 Å². The molecule has 3 aliphatic rings. The monoisotopic (exact) mass is 494 g/mol. The third-order valence-corrected chi connectivity index (χ3v) is 8.93. The average molecular weight is 495 g/mol. The van der Waals surface area contributed by atoms with Gasteiger partial charge in [0.25, 0.3) is 5.91 Å². The molecule has 2 amide bonds. The fraction of sp³-hybridized carbons (Fsp3) is 0.320. The number of fused-ring (bicyclic) bond motifs is 2. The molecular weight excluding hydrogens is 472 g/mol. The van der Waals surface area contributed by atoms with Gasteiger partial charge in [0.15, 0.2) is 6.10 Å². The molecule has 0 unspecified atom stereocenters. The summed E-state index contributed by atoms with van der Waals surface area (Å²) in [6, 6.07) is 12.9. The topological polar surface area (TPSA) is 76.2 Å². The van der Waals surface area contributed by atoms with E-state index in [2.05, 4.69) is 0 Å². The highest BCUT2D eigenvalue weighted by molar-refractivity contribution is 7.17. The minimum absolute atomic E-state index is 0.337. The molecule has 9 heteroatoms. The molecule has 2 aromatic heterocycles. The van der Waals surface area contributed by atoms with E-state index in [1.165, 1.54) is 34.7 Å². The molecule has 0 spiro atoms. The van der Waals surface area contributed by atoms with E-state index in [4.69, 9.17) is 9.57 Å². The van der Waals surface area contributed by atoms with E-state index in [1.807, 2.05) is 47.8 Å². The van der Waals surface area contributed by atoms with Crippen molar-refractivity contribution in [2.24, 2.45) is 5.92 Å². The lowest BCUT2D eigenvalue weighted by Crippen LogP contribution is -2.37. The van der Waals surface area contributed by atoms with Gasteiger partial charge < -0.3 is 4.74 Å². The van der Waals surface area contributed by atoms with Crippen LogP contribution in [0.1, 0.15) is 44.6 Å². The smallest absolute Gasteiger partial charge is 0.341 e. The van der Waals surface area contributed by atoms with E-state index >= 15 is 0 Å². The molecule has 174 valence electrons. The molecule has 1 aliphatic carbocycles. The van der Waals surface area contributed by atoms with Crippen LogP contribution in [-0.4, -0.2) is 31.0 Å². The van der Waals surface area contributed by atoms with Crippen molar-refractivity contribution in [1.82, 2.24) is 0 Å². The number of amides is 2. The van der Waals surface area contributed by atoms with Gasteiger partial charge in [-0.3, -0.25) is 14.4 Å². The Labute approximate surface area is 204 Å². The molecule has 4 heterocycles. The molecule has 2 saturated heterocycles. The molecule has 0 bridgehead atoms. The van der Waals surface area contributed by atoms with E-state index < -0.39 is 29.9 Å². The van der Waals surface area contributed by atoms with Crippen molar-refractivity contribution in [3.05, 3.63) is 68.7 Å². The van der Waals surface area contributed by atoms with E-state index in [0.717, 1.165) is 46.7 Å². The van der Waals surface area contributed by atoms with Gasteiger partial charge in [0.1, 0.15) is 17.0 Å². The SMILES string of the molecule is COC(=O)c1c(N2C(=O)[C@@H]3[C@@H](c4cccs4)N(c4ccccc4)O[C@H]3C2=O)sc2c1CCCC2. The lowest BCUT2D eigenvalue weighted by atomic mass is 9.95. The number of hydrogen-bond acceptors (Lipinski definition) is 8. The van der Waals surface area contributed by atoms with Gasteiger partial charge in [0, 0.05) is 9.75 Å². The van der Waals surface area contributed by atoms with E-state index in [9.17, 15) is 14.4 Å². The number of imide groups is 1. The van der Waals surface area contributed by atoms with Gasteiger partial charge in [-0.05, 0) is 54.8 Å². The number of benzene rings is 1. The first-order valence-corrected chi connectivity index (χ1v) is 12.9. The van der Waals surface area contributed by atoms with Crippen molar-refractivity contribution in [3.63, 3.8) is 0 Å². The van der Waals surface area contributed by atoms with Crippen LogP contribution in [-0.2, 0) is 32.0 Å². The predicted molar refractivity (Wildman–Crippen MR) is 129 cm³/mol. The number of ether oxygens (including phenoxy) is 1. The quantitative estimate of drug-likeness (QED) is 0.392. The number of rotatable bonds is 4. The molecule has 0 radical (unpaired) electrons. The normalized spacial score (nSPS) is 23.9. The predicted octanol–water partition coefficient (Wildman–Crippen LogP) is 4.53. The number of anilines is 2. The number of carbonyl (C=O) groups excluding carboxylic acids is 3. The highest BCUT2D eigenvalue weighted by atomic mass is 32.1. The molecule has 3 aromatic rings. The van der Waals surface area contributed by atoms with Crippen molar-refractivity contribution in [3.8, 4) is 0 Å². The van der Waals surface area contributed by atoms with E-state index in [0.29, 0.717) is 10.6 Å². The largest absolute Gasteiger partial charge is 0.465 e. The molecule has 2 fully saturated rings. The molecule has 1 aromatic carbocycles. The zero-order valence-corrected chi connectivity index (χ0v) is 20.1. The Morgan fingerprint density at radius 1 is 1.06 bits per heavy atom. The second-order valence-corrected chi connectivity index (χ2v) is 10.6. The van der Waals surface area contributed by atoms with Gasteiger partial charge in [-0.25, -0.2) is 14.8 Å². The maximum atomic E-state index is 13.9. The molecule has 0 saturated carbocycles. The number of esters is 1. The Morgan fingerprint density at radius 3 is 2.59 bits per heavy atom. The summed E-state index contributed by atoms with van der Waals surface area (Å²) in [6.07, 6.45) is 2.62. The van der Waals surface area contributed by atoms with E-state index in [-0.39, 0.29) is 5.91 Å². The highest BCUT2D eigenvalue weighted by Gasteiger charge is 2.61. The summed E-state index contributed by atoms with van der Waals surface area (Å²) in [6.45, 7) is 0. The first-order valence-electron chi connectivity index (χ1n) is 11.2. The van der Waals surface area contributed by atoms with Gasteiger partial charge >= 0.3 is 5.97 Å². The zero-order chi connectivity index (χ0) is 23.4. The van der Waals surface area contributed by atoms with Gasteiger partial charge in [-0.2, -0.15) is 0 Å². The number of methoxy groups -OCH3 is 1. The van der Waals surface area contributed by atoms with Crippen molar-refractivity contribution in [2.45, 2.75) is 37.8 Å². The molecule has 3 atom stereocenters. The van der Waals surface area contributed by atoms with Gasteiger partial charge in [0.2, 0.25) is 5.91 Å². The highest BCUT2D eigenvalue weighted by Crippen LogP contribution is 2.51. The van der Waals surface area contributed by atoms with E-state index in [1.54, 1.807) is 5.06 Å². The summed E-state index contributed by atoms with van der Waals surface area (Å²) in [5, 5.41) is 4.02. The second kappa shape index (κ2) is 8.33. The lowest BCUT2D eigenvalue weighted by molar-refractivity contribution is -0.126. The van der Waals surface area contributed by atoms with Crippen LogP contribution in [0.3, 0.4) is 0 Å². The summed E-state index contributed by atoms with van der Waals surface area (Å²) in [7, 11) is 1.33. The third kappa shape index (κ3) is 3.14. The van der Waals surface area contributed by atoms with Crippen LogP contribution in [0, 0.1) is 5.92 Å². The Bertz CT molecular complexity index is 1270. The molecular formula is C25H22N2O5S2. The Hall–Kier alpha value is -3.01. The summed E-state index contributed by atoms with van der Waals surface area (Å²) in [5.41, 5.74) is 2.05. The molecule has 34 heavy (non-hydrogen) atoms. The van der Waals surface area contributed by atoms with Crippen molar-refractivity contribution >= 4 is 51.1 Å². The summed E-state index contributed by atoms with van der Waals surface area (Å²) < 4.78 is 5.06. The molecule has 0 N–H and O–H groups in total. The standard InChI is InChI=1S/C25H22N2O5S2/c1-31-25(30)18-15-10-5-6-11-16(15)34-24(18)26-22(28)19-20(17-12-7-13-33-17)27(32-21(19)23(26)29)14-8-3-2-4-9-14/h2-4,7-9,12-13,19-21H,5-6,10-11H2,1H3/t19-,20-,21-/m1/s1. The van der Waals surface area contributed by atoms with Gasteiger partial charge in [-0.15, -0.1) is 22.7 Å². The number of carbonyl (C=O) groups is 3. The fourth-order valence-corrected chi connectivity index (χ4v) is 7.42. The number of hydroxylamine groups is 1. The summed E-state index contributed by atoms with van der Waals surface area (Å²) in [5.74, 6) is -1.99. The van der Waals surface area contributed by atoms with Crippen LogP contribution in [0.25, 0.3) is 0 Å². The molecule has 2 aliphatic heterocycles. The van der Waals surface area contributed by atoms with Crippen LogP contribution in [0.15, 0.2) is 47.8 Å². The maximum Gasteiger partial charge on any atom is 0.341 e. The van der Waals surface area contributed by atoms with Gasteiger partial charge in [-0.1, -0.05) is 24.3 Å². The molecule has 7 nitrogen and oxygen atoms in total. The number of thiophene rings is 2. The summed E-state index contributed by atoms with van der Waals surface area (Å²) in [4.78, 5) is 49.7. The minimum atomic E-state index is -0.954. The van der Waals surface area contributed by atoms with Crippen LogP contribution in [0.4, 0.5) is 10.7 Å². The average Bonchev–Trinajstić information content (AvgIpc) is 3.63. The number of nitrogens with zero attached hydrogens (tertiary/aromatic N) is 2. The number of hydrogen-bond donors (Lipinski definition) is 0.